The molecule has 2 atom stereocenters. The van der Waals surface area contributed by atoms with Crippen molar-refractivity contribution in [3.05, 3.63) is 35.4 Å². The Labute approximate surface area is 165 Å². The van der Waals surface area contributed by atoms with Crippen LogP contribution in [0.4, 0.5) is 9.59 Å². The summed E-state index contributed by atoms with van der Waals surface area (Å²) in [5.41, 5.74) is 1.82. The molecule has 1 aromatic carbocycles. The number of benzene rings is 1. The number of ether oxygens (including phenoxy) is 1. The van der Waals surface area contributed by atoms with Gasteiger partial charge in [0.1, 0.15) is 0 Å². The molecule has 0 bridgehead atoms. The predicted octanol–water partition coefficient (Wildman–Crippen LogP) is 2.22. The Morgan fingerprint density at radius 3 is 2.32 bits per heavy atom. The van der Waals surface area contributed by atoms with Gasteiger partial charge in [0.25, 0.3) is 0 Å². The summed E-state index contributed by atoms with van der Waals surface area (Å²) in [7, 11) is 0. The highest BCUT2D eigenvalue weighted by atomic mass is 16.5. The molecule has 28 heavy (non-hydrogen) atoms. The van der Waals surface area contributed by atoms with Gasteiger partial charge in [0, 0.05) is 25.3 Å². The van der Waals surface area contributed by atoms with Crippen LogP contribution in [-0.2, 0) is 4.74 Å². The van der Waals surface area contributed by atoms with Crippen LogP contribution in [-0.4, -0.2) is 47.6 Å². The number of amides is 4. The first-order valence-electron chi connectivity index (χ1n) is 9.88. The van der Waals surface area contributed by atoms with Crippen molar-refractivity contribution in [3.8, 4) is 0 Å². The molecule has 0 aliphatic carbocycles. The Morgan fingerprint density at radius 1 is 1.11 bits per heavy atom. The third-order valence-corrected chi connectivity index (χ3v) is 5.33. The topological polar surface area (TPSA) is 103 Å². The van der Waals surface area contributed by atoms with E-state index in [9.17, 15) is 14.7 Å². The van der Waals surface area contributed by atoms with Gasteiger partial charge in [-0.3, -0.25) is 5.32 Å². The van der Waals surface area contributed by atoms with E-state index in [2.05, 4.69) is 16.0 Å². The van der Waals surface area contributed by atoms with Gasteiger partial charge >= 0.3 is 12.1 Å². The summed E-state index contributed by atoms with van der Waals surface area (Å²) in [5.74, 6) is 0.117. The number of hydrogen-bond donors (Lipinski definition) is 4. The van der Waals surface area contributed by atoms with Gasteiger partial charge in [-0.15, -0.1) is 0 Å². The van der Waals surface area contributed by atoms with Crippen LogP contribution in [0.3, 0.4) is 0 Å². The average molecular weight is 390 g/mol. The van der Waals surface area contributed by atoms with Crippen LogP contribution in [0.15, 0.2) is 24.3 Å². The van der Waals surface area contributed by atoms with E-state index in [1.54, 1.807) is 0 Å². The number of urea groups is 2. The zero-order valence-corrected chi connectivity index (χ0v) is 16.6. The van der Waals surface area contributed by atoms with Crippen LogP contribution in [0.2, 0.25) is 0 Å². The average Bonchev–Trinajstić information content (AvgIpc) is 2.67. The summed E-state index contributed by atoms with van der Waals surface area (Å²) in [6.07, 6.45) is 0.111. The van der Waals surface area contributed by atoms with E-state index in [1.165, 1.54) is 4.90 Å². The Balaban J connectivity index is 1.62. The number of nitrogens with zero attached hydrogens (tertiary/aromatic N) is 1. The van der Waals surface area contributed by atoms with E-state index in [4.69, 9.17) is 4.74 Å². The van der Waals surface area contributed by atoms with E-state index < -0.39 is 24.5 Å². The molecular formula is C20H30N4O4. The van der Waals surface area contributed by atoms with Gasteiger partial charge in [-0.05, 0) is 36.8 Å². The van der Waals surface area contributed by atoms with E-state index in [-0.39, 0.29) is 18.0 Å². The summed E-state index contributed by atoms with van der Waals surface area (Å²) in [6, 6.07) is 6.63. The molecule has 8 nitrogen and oxygen atoms in total. The van der Waals surface area contributed by atoms with Crippen molar-refractivity contribution in [1.82, 2.24) is 20.9 Å². The van der Waals surface area contributed by atoms with Gasteiger partial charge in [-0.2, -0.15) is 0 Å². The zero-order chi connectivity index (χ0) is 20.3. The van der Waals surface area contributed by atoms with Crippen molar-refractivity contribution in [1.29, 1.82) is 0 Å². The first-order chi connectivity index (χ1) is 13.4. The molecule has 1 unspecified atom stereocenters. The molecule has 4 amide bonds. The van der Waals surface area contributed by atoms with Crippen LogP contribution in [0, 0.1) is 5.92 Å². The fourth-order valence-corrected chi connectivity index (χ4v) is 3.62. The lowest BCUT2D eigenvalue weighted by Gasteiger charge is -2.39. The Kier molecular flexibility index (Phi) is 6.53. The second-order valence-corrected chi connectivity index (χ2v) is 7.79. The van der Waals surface area contributed by atoms with E-state index in [0.717, 1.165) is 11.1 Å². The van der Waals surface area contributed by atoms with Crippen molar-refractivity contribution in [2.45, 2.75) is 58.1 Å². The monoisotopic (exact) mass is 390 g/mol. The van der Waals surface area contributed by atoms with E-state index in [1.807, 2.05) is 45.0 Å². The Bertz CT molecular complexity index is 687. The molecule has 0 saturated carbocycles. The van der Waals surface area contributed by atoms with Crippen molar-refractivity contribution in [3.63, 3.8) is 0 Å². The molecule has 2 aliphatic rings. The number of carbonyl (C=O) groups excluding carboxylic acids is 2. The van der Waals surface area contributed by atoms with Gasteiger partial charge in [0.15, 0.2) is 6.29 Å². The van der Waals surface area contributed by atoms with Crippen LogP contribution in [0.5, 0.6) is 0 Å². The lowest BCUT2D eigenvalue weighted by atomic mass is 9.96. The summed E-state index contributed by atoms with van der Waals surface area (Å²) in [5, 5.41) is 19.1. The number of hydrogen-bond acceptors (Lipinski definition) is 5. The normalized spacial score (nSPS) is 21.4. The molecule has 154 valence electrons. The molecule has 1 aromatic rings. The van der Waals surface area contributed by atoms with Gasteiger partial charge in [-0.1, -0.05) is 38.1 Å². The van der Waals surface area contributed by atoms with E-state index >= 15 is 0 Å². The number of rotatable bonds is 6. The fourth-order valence-electron chi connectivity index (χ4n) is 3.62. The fraction of sp³-hybridized carbons (Fsp3) is 0.600. The quantitative estimate of drug-likeness (QED) is 0.596. The molecule has 2 saturated heterocycles. The van der Waals surface area contributed by atoms with Crippen molar-refractivity contribution in [2.75, 3.05) is 13.2 Å². The number of imide groups is 1. The molecule has 2 fully saturated rings. The second-order valence-electron chi connectivity index (χ2n) is 7.79. The highest BCUT2D eigenvalue weighted by molar-refractivity contribution is 5.96. The van der Waals surface area contributed by atoms with E-state index in [0.29, 0.717) is 26.1 Å². The highest BCUT2D eigenvalue weighted by Crippen LogP contribution is 2.24. The molecular weight excluding hydrogens is 360 g/mol. The van der Waals surface area contributed by atoms with Crippen molar-refractivity contribution in [2.24, 2.45) is 5.92 Å². The number of aliphatic hydroxyl groups excluding tert-OH is 1. The molecule has 2 heterocycles. The molecule has 2 aliphatic heterocycles. The second kappa shape index (κ2) is 8.89. The third-order valence-electron chi connectivity index (χ3n) is 5.33. The van der Waals surface area contributed by atoms with Crippen molar-refractivity contribution < 1.29 is 19.4 Å². The summed E-state index contributed by atoms with van der Waals surface area (Å²) in [6.45, 7) is 6.99. The molecule has 4 N–H and O–H groups in total. The smallest absolute Gasteiger partial charge is 0.328 e. The Hall–Kier alpha value is -2.16. The van der Waals surface area contributed by atoms with Crippen LogP contribution in [0.1, 0.15) is 56.9 Å². The SMILES string of the molecule is CC(C)C(O)c1cccc([C@H](C)NC2NC(=O)N(C3CCOCC3)C(=O)N2)c1. The number of nitrogens with one attached hydrogen (secondary N) is 3. The first-order valence-corrected chi connectivity index (χ1v) is 9.88. The largest absolute Gasteiger partial charge is 0.388 e. The molecule has 0 spiro atoms. The zero-order valence-electron chi connectivity index (χ0n) is 16.6. The molecule has 8 heteroatoms. The van der Waals surface area contributed by atoms with Crippen LogP contribution >= 0.6 is 0 Å². The standard InChI is InChI=1S/C20H30N4O4/c1-12(2)17(25)15-6-4-5-14(11-15)13(3)21-18-22-19(26)24(20(27)23-18)16-7-9-28-10-8-16/h4-6,11-13,16-18,21,25H,7-10H2,1-3H3,(H,22,26)(H,23,27)/t13-,17?/m0/s1. The number of aliphatic hydroxyl groups is 1. The van der Waals surface area contributed by atoms with Gasteiger partial charge in [0.2, 0.25) is 0 Å². The van der Waals surface area contributed by atoms with Gasteiger partial charge in [0.05, 0.1) is 6.10 Å². The summed E-state index contributed by atoms with van der Waals surface area (Å²) in [4.78, 5) is 26.2. The summed E-state index contributed by atoms with van der Waals surface area (Å²) >= 11 is 0. The van der Waals surface area contributed by atoms with Gasteiger partial charge < -0.3 is 20.5 Å². The van der Waals surface area contributed by atoms with Crippen LogP contribution in [0.25, 0.3) is 0 Å². The predicted molar refractivity (Wildman–Crippen MR) is 104 cm³/mol. The molecule has 3 rings (SSSR count). The molecule has 0 aromatic heterocycles. The lowest BCUT2D eigenvalue weighted by Crippen LogP contribution is -2.70. The maximum atomic E-state index is 12.5. The van der Waals surface area contributed by atoms with Crippen LogP contribution < -0.4 is 16.0 Å². The lowest BCUT2D eigenvalue weighted by molar-refractivity contribution is 0.0492. The maximum absolute atomic E-state index is 12.5. The number of carbonyl (C=O) groups is 2. The first kappa shape index (κ1) is 20.6. The minimum absolute atomic E-state index is 0.117. The Morgan fingerprint density at radius 2 is 1.71 bits per heavy atom. The van der Waals surface area contributed by atoms with Gasteiger partial charge in [-0.25, -0.2) is 14.5 Å². The van der Waals surface area contributed by atoms with Crippen molar-refractivity contribution >= 4 is 12.1 Å². The highest BCUT2D eigenvalue weighted by Gasteiger charge is 2.37. The third kappa shape index (κ3) is 4.63. The minimum Gasteiger partial charge on any atom is -0.388 e. The summed E-state index contributed by atoms with van der Waals surface area (Å²) < 4.78 is 5.30. The molecule has 0 radical (unpaired) electrons. The maximum Gasteiger partial charge on any atom is 0.328 e. The minimum atomic E-state index is -0.662.